The molecule has 11 nitrogen and oxygen atoms in total. The minimum Gasteiger partial charge on any atom is -0.493 e. The van der Waals surface area contributed by atoms with Crippen molar-refractivity contribution < 1.29 is 19.0 Å². The van der Waals surface area contributed by atoms with Crippen LogP contribution in [-0.2, 0) is 6.54 Å². The van der Waals surface area contributed by atoms with Gasteiger partial charge in [0.15, 0.2) is 11.5 Å². The van der Waals surface area contributed by atoms with E-state index >= 15 is 0 Å². The van der Waals surface area contributed by atoms with Crippen molar-refractivity contribution in [3.05, 3.63) is 70.5 Å². The third-order valence-electron chi connectivity index (χ3n) is 6.21. The monoisotopic (exact) mass is 504 g/mol. The van der Waals surface area contributed by atoms with Crippen LogP contribution in [0, 0.1) is 0 Å². The molecule has 0 radical (unpaired) electrons. The van der Waals surface area contributed by atoms with E-state index in [4.69, 9.17) is 14.2 Å². The fourth-order valence-corrected chi connectivity index (χ4v) is 4.18. The molecule has 192 valence electrons. The second kappa shape index (κ2) is 10.2. The normalized spacial score (nSPS) is 12.8. The van der Waals surface area contributed by atoms with Crippen molar-refractivity contribution in [2.75, 3.05) is 27.9 Å². The number of benzene rings is 2. The number of carbonyl (C=O) groups is 1. The topological polar surface area (TPSA) is 125 Å². The Balaban J connectivity index is 1.28. The maximum absolute atomic E-state index is 13.1. The molecule has 2 N–H and O–H groups in total. The van der Waals surface area contributed by atoms with E-state index in [1.165, 1.54) is 26.0 Å². The third kappa shape index (κ3) is 4.80. The Hall–Kier alpha value is -4.54. The highest BCUT2D eigenvalue weighted by Crippen LogP contribution is 2.41. The maximum atomic E-state index is 13.1. The predicted octanol–water partition coefficient (Wildman–Crippen LogP) is 2.76. The summed E-state index contributed by atoms with van der Waals surface area (Å²) in [7, 11) is 4.60. The van der Waals surface area contributed by atoms with Gasteiger partial charge in [-0.05, 0) is 43.2 Å². The van der Waals surface area contributed by atoms with Crippen molar-refractivity contribution in [1.29, 1.82) is 0 Å². The number of hydrogen-bond donors (Lipinski definition) is 2. The van der Waals surface area contributed by atoms with Gasteiger partial charge in [0.1, 0.15) is 11.5 Å². The fourth-order valence-electron chi connectivity index (χ4n) is 4.18. The summed E-state index contributed by atoms with van der Waals surface area (Å²) in [5, 5.41) is 14.4. The first-order valence-corrected chi connectivity index (χ1v) is 11.9. The van der Waals surface area contributed by atoms with Crippen molar-refractivity contribution in [3.63, 3.8) is 0 Å². The molecule has 1 saturated carbocycles. The number of methoxy groups -OCH3 is 3. The van der Waals surface area contributed by atoms with Crippen molar-refractivity contribution in [2.24, 2.45) is 0 Å². The number of hydrogen-bond acceptors (Lipinski definition) is 7. The number of para-hydroxylation sites is 1. The van der Waals surface area contributed by atoms with Crippen LogP contribution in [0.2, 0.25) is 0 Å². The van der Waals surface area contributed by atoms with Crippen molar-refractivity contribution in [2.45, 2.75) is 25.3 Å². The summed E-state index contributed by atoms with van der Waals surface area (Å²) in [6, 6.07) is 14.6. The summed E-state index contributed by atoms with van der Waals surface area (Å²) in [6.45, 7) is 0.477. The van der Waals surface area contributed by atoms with Crippen LogP contribution in [0.5, 0.6) is 17.2 Å². The number of rotatable bonds is 10. The molecule has 1 aliphatic rings. The number of H-pyrrole nitrogens is 1. The van der Waals surface area contributed by atoms with E-state index in [1.54, 1.807) is 22.8 Å². The van der Waals surface area contributed by atoms with Gasteiger partial charge in [-0.2, -0.15) is 10.2 Å². The summed E-state index contributed by atoms with van der Waals surface area (Å²) < 4.78 is 19.2. The zero-order chi connectivity index (χ0) is 25.9. The number of aromatic nitrogens is 5. The summed E-state index contributed by atoms with van der Waals surface area (Å²) in [5.74, 6) is 2.16. The summed E-state index contributed by atoms with van der Waals surface area (Å²) in [5.41, 5.74) is 2.09. The SMILES string of the molecule is COc1cc(-c2cc(C(=O)NCCn3nc(C4CC4)n(-c4ccccc4)c3=O)[nH]n2)cc(OC)c1OC. The molecule has 0 spiro atoms. The highest BCUT2D eigenvalue weighted by Gasteiger charge is 2.31. The molecule has 0 aliphatic heterocycles. The molecular formula is C26H28N6O5. The Kier molecular flexibility index (Phi) is 6.67. The number of ether oxygens (including phenoxy) is 3. The minimum atomic E-state index is -0.343. The van der Waals surface area contributed by atoms with Crippen LogP contribution in [0.25, 0.3) is 16.9 Å². The smallest absolute Gasteiger partial charge is 0.350 e. The maximum Gasteiger partial charge on any atom is 0.350 e. The fraction of sp³-hybridized carbons (Fsp3) is 0.308. The molecule has 0 saturated heterocycles. The van der Waals surface area contributed by atoms with Crippen LogP contribution < -0.4 is 25.2 Å². The lowest BCUT2D eigenvalue weighted by Gasteiger charge is -2.13. The van der Waals surface area contributed by atoms with Gasteiger partial charge < -0.3 is 19.5 Å². The van der Waals surface area contributed by atoms with Crippen LogP contribution in [-0.4, -0.2) is 58.3 Å². The predicted molar refractivity (Wildman–Crippen MR) is 136 cm³/mol. The standard InChI is InChI=1S/C26H28N6O5/c1-35-21-13-17(14-22(36-2)23(21)37-3)19-15-20(29-28-19)25(33)27-11-12-31-26(34)32(18-7-5-4-6-8-18)24(30-31)16-9-10-16/h4-8,13-16H,9-12H2,1-3H3,(H,27,33)(H,28,29). The number of nitrogens with one attached hydrogen (secondary N) is 2. The van der Waals surface area contributed by atoms with Gasteiger partial charge >= 0.3 is 5.69 Å². The lowest BCUT2D eigenvalue weighted by Crippen LogP contribution is -2.32. The molecule has 1 amide bonds. The van der Waals surface area contributed by atoms with Crippen LogP contribution in [0.3, 0.4) is 0 Å². The van der Waals surface area contributed by atoms with Gasteiger partial charge in [0.2, 0.25) is 5.75 Å². The Labute approximate surface area is 213 Å². The minimum absolute atomic E-state index is 0.214. The second-order valence-corrected chi connectivity index (χ2v) is 8.65. The van der Waals surface area contributed by atoms with Gasteiger partial charge in [-0.15, -0.1) is 0 Å². The van der Waals surface area contributed by atoms with E-state index in [1.807, 2.05) is 30.3 Å². The van der Waals surface area contributed by atoms with Crippen LogP contribution in [0.15, 0.2) is 53.3 Å². The molecule has 1 aliphatic carbocycles. The molecule has 2 aromatic heterocycles. The van der Waals surface area contributed by atoms with E-state index in [0.717, 1.165) is 24.4 Å². The van der Waals surface area contributed by atoms with Gasteiger partial charge in [0.25, 0.3) is 5.91 Å². The molecule has 5 rings (SSSR count). The number of carbonyl (C=O) groups excluding carboxylic acids is 1. The largest absolute Gasteiger partial charge is 0.493 e. The van der Waals surface area contributed by atoms with E-state index in [0.29, 0.717) is 34.4 Å². The molecule has 37 heavy (non-hydrogen) atoms. The van der Waals surface area contributed by atoms with Gasteiger partial charge in [-0.3, -0.25) is 9.89 Å². The van der Waals surface area contributed by atoms with Crippen molar-refractivity contribution in [1.82, 2.24) is 29.9 Å². The zero-order valence-corrected chi connectivity index (χ0v) is 20.9. The Morgan fingerprint density at radius 1 is 1.05 bits per heavy atom. The molecule has 2 heterocycles. The number of amides is 1. The van der Waals surface area contributed by atoms with Gasteiger partial charge in [0.05, 0.1) is 39.3 Å². The van der Waals surface area contributed by atoms with Crippen molar-refractivity contribution >= 4 is 5.91 Å². The summed E-state index contributed by atoms with van der Waals surface area (Å²) >= 11 is 0. The van der Waals surface area contributed by atoms with Gasteiger partial charge in [-0.25, -0.2) is 14.0 Å². The van der Waals surface area contributed by atoms with E-state index in [2.05, 4.69) is 20.6 Å². The Morgan fingerprint density at radius 3 is 2.38 bits per heavy atom. The molecule has 1 fully saturated rings. The molecule has 0 bridgehead atoms. The highest BCUT2D eigenvalue weighted by atomic mass is 16.5. The molecule has 11 heteroatoms. The van der Waals surface area contributed by atoms with Crippen LogP contribution in [0.4, 0.5) is 0 Å². The molecule has 4 aromatic rings. The van der Waals surface area contributed by atoms with Crippen LogP contribution in [0.1, 0.15) is 35.1 Å². The van der Waals surface area contributed by atoms with E-state index < -0.39 is 0 Å². The lowest BCUT2D eigenvalue weighted by atomic mass is 10.1. The highest BCUT2D eigenvalue weighted by molar-refractivity contribution is 5.93. The summed E-state index contributed by atoms with van der Waals surface area (Å²) in [6.07, 6.45) is 2.04. The zero-order valence-electron chi connectivity index (χ0n) is 20.9. The average Bonchev–Trinajstić information content (AvgIpc) is 3.56. The average molecular weight is 505 g/mol. The molecular weight excluding hydrogens is 476 g/mol. The summed E-state index contributed by atoms with van der Waals surface area (Å²) in [4.78, 5) is 25.8. The Morgan fingerprint density at radius 2 is 1.76 bits per heavy atom. The lowest BCUT2D eigenvalue weighted by molar-refractivity contribution is 0.0946. The van der Waals surface area contributed by atoms with E-state index in [-0.39, 0.29) is 30.4 Å². The first-order chi connectivity index (χ1) is 18.0. The number of nitrogens with zero attached hydrogens (tertiary/aromatic N) is 4. The molecule has 0 unspecified atom stereocenters. The van der Waals surface area contributed by atoms with Gasteiger partial charge in [-0.1, -0.05) is 18.2 Å². The third-order valence-corrected chi connectivity index (χ3v) is 6.21. The number of aromatic amines is 1. The van der Waals surface area contributed by atoms with E-state index in [9.17, 15) is 9.59 Å². The first-order valence-electron chi connectivity index (χ1n) is 11.9. The first kappa shape index (κ1) is 24.2. The quantitative estimate of drug-likeness (QED) is 0.340. The van der Waals surface area contributed by atoms with Crippen molar-refractivity contribution in [3.8, 4) is 34.2 Å². The van der Waals surface area contributed by atoms with Crippen LogP contribution >= 0.6 is 0 Å². The molecule has 0 atom stereocenters. The second-order valence-electron chi connectivity index (χ2n) is 8.65. The Bertz CT molecular complexity index is 1440. The molecule has 2 aromatic carbocycles. The van der Waals surface area contributed by atoms with Gasteiger partial charge in [0, 0.05) is 18.0 Å².